The standard InChI is InChI=1S/C16H15N3O6/c1-25-15-5-3-2-4-12(15)10-17-16(20)8-11-6-7-13(18(21)22)9-14(11)19(23)24/h2-7,9H,8,10H2,1H3,(H,17,20). The summed E-state index contributed by atoms with van der Waals surface area (Å²) in [5.74, 6) is 0.173. The average molecular weight is 345 g/mol. The number of ether oxygens (including phenoxy) is 1. The minimum atomic E-state index is -0.740. The number of nitro groups is 2. The molecule has 1 amide bonds. The summed E-state index contributed by atoms with van der Waals surface area (Å²) in [5, 5.41) is 24.4. The molecule has 2 rings (SSSR count). The molecule has 0 unspecified atom stereocenters. The highest BCUT2D eigenvalue weighted by atomic mass is 16.6. The van der Waals surface area contributed by atoms with Crippen molar-refractivity contribution >= 4 is 17.3 Å². The van der Waals surface area contributed by atoms with Crippen LogP contribution in [0.5, 0.6) is 5.75 Å². The number of benzene rings is 2. The van der Waals surface area contributed by atoms with E-state index in [0.29, 0.717) is 5.75 Å². The first-order chi connectivity index (χ1) is 11.9. The molecule has 0 spiro atoms. The quantitative estimate of drug-likeness (QED) is 0.606. The van der Waals surface area contributed by atoms with E-state index in [0.717, 1.165) is 17.7 Å². The Labute approximate surface area is 142 Å². The van der Waals surface area contributed by atoms with E-state index in [1.807, 2.05) is 0 Å². The van der Waals surface area contributed by atoms with Gasteiger partial charge >= 0.3 is 0 Å². The number of carbonyl (C=O) groups is 1. The van der Waals surface area contributed by atoms with Crippen molar-refractivity contribution in [1.82, 2.24) is 5.32 Å². The molecule has 0 heterocycles. The van der Waals surface area contributed by atoms with Gasteiger partial charge < -0.3 is 10.1 Å². The number of methoxy groups -OCH3 is 1. The fourth-order valence-corrected chi connectivity index (χ4v) is 2.26. The molecule has 9 nitrogen and oxygen atoms in total. The third-order valence-electron chi connectivity index (χ3n) is 3.50. The minimum Gasteiger partial charge on any atom is -0.496 e. The predicted molar refractivity (Wildman–Crippen MR) is 88.3 cm³/mol. The number of para-hydroxylation sites is 1. The summed E-state index contributed by atoms with van der Waals surface area (Å²) in [6, 6.07) is 10.3. The van der Waals surface area contributed by atoms with Gasteiger partial charge in [0.2, 0.25) is 5.91 Å². The van der Waals surface area contributed by atoms with Gasteiger partial charge in [-0.15, -0.1) is 0 Å². The smallest absolute Gasteiger partial charge is 0.279 e. The third kappa shape index (κ3) is 4.50. The number of hydrogen-bond donors (Lipinski definition) is 1. The van der Waals surface area contributed by atoms with E-state index >= 15 is 0 Å². The molecule has 0 aliphatic rings. The van der Waals surface area contributed by atoms with Gasteiger partial charge in [-0.1, -0.05) is 18.2 Å². The van der Waals surface area contributed by atoms with Gasteiger partial charge in [-0.2, -0.15) is 0 Å². The summed E-state index contributed by atoms with van der Waals surface area (Å²) in [6.45, 7) is 0.198. The van der Waals surface area contributed by atoms with E-state index in [1.54, 1.807) is 24.3 Å². The van der Waals surface area contributed by atoms with Gasteiger partial charge in [0.05, 0.1) is 29.4 Å². The van der Waals surface area contributed by atoms with Gasteiger partial charge in [-0.05, 0) is 12.1 Å². The van der Waals surface area contributed by atoms with E-state index in [-0.39, 0.29) is 18.5 Å². The zero-order valence-corrected chi connectivity index (χ0v) is 13.3. The number of carbonyl (C=O) groups excluding carboxylic acids is 1. The second-order valence-electron chi connectivity index (χ2n) is 5.09. The number of non-ortho nitro benzene ring substituents is 1. The van der Waals surface area contributed by atoms with Crippen molar-refractivity contribution in [2.45, 2.75) is 13.0 Å². The van der Waals surface area contributed by atoms with Gasteiger partial charge in [-0.25, -0.2) is 0 Å². The maximum atomic E-state index is 12.1. The van der Waals surface area contributed by atoms with Gasteiger partial charge in [0.25, 0.3) is 11.4 Å². The second-order valence-corrected chi connectivity index (χ2v) is 5.09. The topological polar surface area (TPSA) is 125 Å². The largest absolute Gasteiger partial charge is 0.496 e. The van der Waals surface area contributed by atoms with Gasteiger partial charge in [0.1, 0.15) is 5.75 Å². The maximum Gasteiger partial charge on any atom is 0.279 e. The summed E-state index contributed by atoms with van der Waals surface area (Å²) in [4.78, 5) is 32.4. The van der Waals surface area contributed by atoms with Crippen LogP contribution in [-0.2, 0) is 17.8 Å². The molecule has 130 valence electrons. The lowest BCUT2D eigenvalue weighted by atomic mass is 10.1. The molecule has 0 fully saturated rings. The second kappa shape index (κ2) is 7.86. The lowest BCUT2D eigenvalue weighted by molar-refractivity contribution is -0.394. The Balaban J connectivity index is 2.10. The Kier molecular flexibility index (Phi) is 5.62. The normalized spacial score (nSPS) is 10.1. The molecular formula is C16H15N3O6. The lowest BCUT2D eigenvalue weighted by Crippen LogP contribution is -2.25. The van der Waals surface area contributed by atoms with Crippen molar-refractivity contribution in [2.75, 3.05) is 7.11 Å². The molecule has 0 saturated heterocycles. The van der Waals surface area contributed by atoms with E-state index in [4.69, 9.17) is 4.74 Å². The first kappa shape index (κ1) is 17.9. The predicted octanol–water partition coefficient (Wildman–Crippen LogP) is 2.37. The molecule has 0 saturated carbocycles. The summed E-state index contributed by atoms with van der Waals surface area (Å²) in [6.07, 6.45) is -0.260. The van der Waals surface area contributed by atoms with Crippen LogP contribution in [0, 0.1) is 20.2 Å². The lowest BCUT2D eigenvalue weighted by Gasteiger charge is -2.09. The van der Waals surface area contributed by atoms with Crippen LogP contribution >= 0.6 is 0 Å². The number of nitrogens with one attached hydrogen (secondary N) is 1. The fraction of sp³-hybridized carbons (Fsp3) is 0.188. The first-order valence-corrected chi connectivity index (χ1v) is 7.22. The number of nitrogens with zero attached hydrogens (tertiary/aromatic N) is 2. The first-order valence-electron chi connectivity index (χ1n) is 7.22. The molecule has 0 aliphatic heterocycles. The summed E-state index contributed by atoms with van der Waals surface area (Å²) < 4.78 is 5.18. The van der Waals surface area contributed by atoms with E-state index < -0.39 is 27.1 Å². The van der Waals surface area contributed by atoms with Crippen LogP contribution in [-0.4, -0.2) is 22.9 Å². The van der Waals surface area contributed by atoms with Gasteiger partial charge in [-0.3, -0.25) is 25.0 Å². The average Bonchev–Trinajstić information content (AvgIpc) is 2.60. The number of hydrogen-bond acceptors (Lipinski definition) is 6. The monoisotopic (exact) mass is 345 g/mol. The van der Waals surface area contributed by atoms with Crippen molar-refractivity contribution in [3.63, 3.8) is 0 Å². The van der Waals surface area contributed by atoms with E-state index in [1.165, 1.54) is 13.2 Å². The molecule has 2 aromatic carbocycles. The summed E-state index contributed by atoms with van der Waals surface area (Å²) >= 11 is 0. The van der Waals surface area contributed by atoms with Crippen LogP contribution in [0.25, 0.3) is 0 Å². The Morgan fingerprint density at radius 3 is 2.44 bits per heavy atom. The highest BCUT2D eigenvalue weighted by Crippen LogP contribution is 2.25. The van der Waals surface area contributed by atoms with Gasteiger partial charge in [0, 0.05) is 23.7 Å². The SMILES string of the molecule is COc1ccccc1CNC(=O)Cc1ccc([N+](=O)[O-])cc1[N+](=O)[O-]. The van der Waals surface area contributed by atoms with E-state index in [2.05, 4.69) is 5.32 Å². The highest BCUT2D eigenvalue weighted by molar-refractivity contribution is 5.80. The van der Waals surface area contributed by atoms with Crippen LogP contribution in [0.3, 0.4) is 0 Å². The number of nitro benzene ring substituents is 2. The molecule has 0 bridgehead atoms. The Bertz CT molecular complexity index is 821. The molecule has 0 aromatic heterocycles. The molecule has 1 N–H and O–H groups in total. The van der Waals surface area contributed by atoms with Crippen LogP contribution in [0.2, 0.25) is 0 Å². The Morgan fingerprint density at radius 2 is 1.80 bits per heavy atom. The molecule has 0 aliphatic carbocycles. The molecule has 2 aromatic rings. The van der Waals surface area contributed by atoms with Crippen molar-refractivity contribution in [3.05, 3.63) is 73.8 Å². The zero-order chi connectivity index (χ0) is 18.4. The number of rotatable bonds is 7. The maximum absolute atomic E-state index is 12.1. The fourth-order valence-electron chi connectivity index (χ4n) is 2.26. The Hall–Kier alpha value is -3.49. The third-order valence-corrected chi connectivity index (χ3v) is 3.50. The molecule has 25 heavy (non-hydrogen) atoms. The van der Waals surface area contributed by atoms with Crippen molar-refractivity contribution in [3.8, 4) is 5.75 Å². The summed E-state index contributed by atoms with van der Waals surface area (Å²) in [7, 11) is 1.51. The zero-order valence-electron chi connectivity index (χ0n) is 13.3. The molecule has 0 radical (unpaired) electrons. The van der Waals surface area contributed by atoms with E-state index in [9.17, 15) is 25.0 Å². The summed E-state index contributed by atoms with van der Waals surface area (Å²) in [5.41, 5.74) is 0.0104. The Morgan fingerprint density at radius 1 is 1.08 bits per heavy atom. The van der Waals surface area contributed by atoms with Crippen molar-refractivity contribution < 1.29 is 19.4 Å². The minimum absolute atomic E-state index is 0.105. The van der Waals surface area contributed by atoms with Crippen LogP contribution in [0.15, 0.2) is 42.5 Å². The van der Waals surface area contributed by atoms with Crippen LogP contribution in [0.1, 0.15) is 11.1 Å². The van der Waals surface area contributed by atoms with Gasteiger partial charge in [0.15, 0.2) is 0 Å². The van der Waals surface area contributed by atoms with Crippen LogP contribution < -0.4 is 10.1 Å². The molecule has 0 atom stereocenters. The van der Waals surface area contributed by atoms with Crippen molar-refractivity contribution in [2.24, 2.45) is 0 Å². The highest BCUT2D eigenvalue weighted by Gasteiger charge is 2.21. The van der Waals surface area contributed by atoms with Crippen molar-refractivity contribution in [1.29, 1.82) is 0 Å². The van der Waals surface area contributed by atoms with Crippen LogP contribution in [0.4, 0.5) is 11.4 Å². The molecule has 9 heteroatoms. The number of amides is 1. The molecular weight excluding hydrogens is 330 g/mol.